The van der Waals surface area contributed by atoms with Crippen molar-refractivity contribution in [2.45, 2.75) is 25.8 Å². The van der Waals surface area contributed by atoms with Crippen molar-refractivity contribution in [3.63, 3.8) is 0 Å². The molecule has 1 aromatic carbocycles. The van der Waals surface area contributed by atoms with E-state index in [2.05, 4.69) is 15.0 Å². The standard InChI is InChI=1S/C18H22N6O2/c1-23(2)18-21-14(20-17(19)22-18)11-24-15(25)9-13(10-16(24)26)8-12-6-4-3-5-7-12/h3-7,13H,8-11H2,1-2H3,(H2,19,20,21,22). The van der Waals surface area contributed by atoms with Crippen LogP contribution in [0.2, 0.25) is 0 Å². The number of anilines is 2. The predicted octanol–water partition coefficient (Wildman–Crippen LogP) is 1.03. The van der Waals surface area contributed by atoms with Gasteiger partial charge in [0.25, 0.3) is 0 Å². The van der Waals surface area contributed by atoms with Crippen LogP contribution in [-0.2, 0) is 22.6 Å². The van der Waals surface area contributed by atoms with Gasteiger partial charge in [-0.3, -0.25) is 14.5 Å². The molecule has 1 aliphatic heterocycles. The summed E-state index contributed by atoms with van der Waals surface area (Å²) in [5.41, 5.74) is 6.83. The third kappa shape index (κ3) is 4.14. The van der Waals surface area contributed by atoms with Crippen molar-refractivity contribution in [1.82, 2.24) is 19.9 Å². The van der Waals surface area contributed by atoms with Gasteiger partial charge in [0.15, 0.2) is 5.82 Å². The summed E-state index contributed by atoms with van der Waals surface area (Å²) in [5.74, 6) is 0.392. The molecule has 0 saturated carbocycles. The first-order chi connectivity index (χ1) is 12.4. The molecule has 2 amide bonds. The molecule has 3 rings (SSSR count). The summed E-state index contributed by atoms with van der Waals surface area (Å²) in [7, 11) is 3.56. The van der Waals surface area contributed by atoms with Crippen LogP contribution in [0.4, 0.5) is 11.9 Å². The average Bonchev–Trinajstić information content (AvgIpc) is 2.58. The van der Waals surface area contributed by atoms with Crippen LogP contribution in [0.1, 0.15) is 24.2 Å². The normalized spacial score (nSPS) is 15.4. The largest absolute Gasteiger partial charge is 0.368 e. The fraction of sp³-hybridized carbons (Fsp3) is 0.389. The number of nitrogens with zero attached hydrogens (tertiary/aromatic N) is 5. The molecular formula is C18H22N6O2. The predicted molar refractivity (Wildman–Crippen MR) is 97.0 cm³/mol. The van der Waals surface area contributed by atoms with Crippen LogP contribution in [-0.4, -0.2) is 45.8 Å². The molecule has 2 aromatic rings. The second-order valence-electron chi connectivity index (χ2n) is 6.64. The number of likely N-dealkylation sites (tertiary alicyclic amines) is 1. The van der Waals surface area contributed by atoms with E-state index < -0.39 is 0 Å². The van der Waals surface area contributed by atoms with Gasteiger partial charge in [0.1, 0.15) is 0 Å². The Morgan fingerprint density at radius 2 is 1.73 bits per heavy atom. The number of carbonyl (C=O) groups is 2. The molecular weight excluding hydrogens is 332 g/mol. The third-order valence-corrected chi connectivity index (χ3v) is 4.28. The van der Waals surface area contributed by atoms with Crippen molar-refractivity contribution < 1.29 is 9.59 Å². The van der Waals surface area contributed by atoms with E-state index in [-0.39, 0.29) is 30.2 Å². The number of benzene rings is 1. The topological polar surface area (TPSA) is 105 Å². The minimum atomic E-state index is -0.201. The second kappa shape index (κ2) is 7.47. The summed E-state index contributed by atoms with van der Waals surface area (Å²) in [5, 5.41) is 0. The Kier molecular flexibility index (Phi) is 5.11. The monoisotopic (exact) mass is 354 g/mol. The van der Waals surface area contributed by atoms with E-state index in [9.17, 15) is 9.59 Å². The molecule has 0 atom stereocenters. The minimum absolute atomic E-state index is 0.0171. The Morgan fingerprint density at radius 3 is 2.35 bits per heavy atom. The lowest BCUT2D eigenvalue weighted by molar-refractivity contribution is -0.150. The number of piperidine rings is 1. The first-order valence-corrected chi connectivity index (χ1v) is 8.47. The van der Waals surface area contributed by atoms with E-state index in [0.29, 0.717) is 24.6 Å². The highest BCUT2D eigenvalue weighted by molar-refractivity contribution is 5.97. The summed E-state index contributed by atoms with van der Waals surface area (Å²) in [6, 6.07) is 9.89. The van der Waals surface area contributed by atoms with Crippen molar-refractivity contribution >= 4 is 23.7 Å². The molecule has 1 aliphatic rings. The second-order valence-corrected chi connectivity index (χ2v) is 6.64. The Labute approximate surface area is 152 Å². The highest BCUT2D eigenvalue weighted by Crippen LogP contribution is 2.24. The fourth-order valence-electron chi connectivity index (χ4n) is 3.03. The molecule has 0 radical (unpaired) electrons. The summed E-state index contributed by atoms with van der Waals surface area (Å²) >= 11 is 0. The van der Waals surface area contributed by atoms with Crippen LogP contribution < -0.4 is 10.6 Å². The maximum absolute atomic E-state index is 12.5. The van der Waals surface area contributed by atoms with E-state index in [1.165, 1.54) is 4.90 Å². The number of amides is 2. The van der Waals surface area contributed by atoms with Crippen LogP contribution in [0.15, 0.2) is 30.3 Å². The van der Waals surface area contributed by atoms with Crippen LogP contribution >= 0.6 is 0 Å². The number of hydrogen-bond acceptors (Lipinski definition) is 7. The van der Waals surface area contributed by atoms with Crippen molar-refractivity contribution in [3.8, 4) is 0 Å². The highest BCUT2D eigenvalue weighted by Gasteiger charge is 2.33. The molecule has 1 saturated heterocycles. The number of nitrogens with two attached hydrogens (primary N) is 1. The highest BCUT2D eigenvalue weighted by atomic mass is 16.2. The van der Waals surface area contributed by atoms with Gasteiger partial charge < -0.3 is 10.6 Å². The molecule has 2 N–H and O–H groups in total. The Morgan fingerprint density at radius 1 is 1.08 bits per heavy atom. The number of carbonyl (C=O) groups excluding carboxylic acids is 2. The van der Waals surface area contributed by atoms with Gasteiger partial charge in [0.2, 0.25) is 23.7 Å². The van der Waals surface area contributed by atoms with Crippen LogP contribution in [0.3, 0.4) is 0 Å². The Hall–Kier alpha value is -3.03. The lowest BCUT2D eigenvalue weighted by Crippen LogP contribution is -2.43. The van der Waals surface area contributed by atoms with Crippen LogP contribution in [0.25, 0.3) is 0 Å². The summed E-state index contributed by atoms with van der Waals surface area (Å²) in [6.45, 7) is 0.0171. The van der Waals surface area contributed by atoms with Crippen LogP contribution in [0, 0.1) is 5.92 Å². The lowest BCUT2D eigenvalue weighted by Gasteiger charge is -2.29. The molecule has 0 bridgehead atoms. The van der Waals surface area contributed by atoms with Gasteiger partial charge in [0, 0.05) is 26.9 Å². The Bertz CT molecular complexity index is 791. The van der Waals surface area contributed by atoms with Crippen LogP contribution in [0.5, 0.6) is 0 Å². The minimum Gasteiger partial charge on any atom is -0.368 e. The molecule has 26 heavy (non-hydrogen) atoms. The maximum atomic E-state index is 12.5. The van der Waals surface area contributed by atoms with Crippen molar-refractivity contribution in [2.75, 3.05) is 24.7 Å². The SMILES string of the molecule is CN(C)c1nc(N)nc(CN2C(=O)CC(Cc3ccccc3)CC2=O)n1. The molecule has 1 aromatic heterocycles. The third-order valence-electron chi connectivity index (χ3n) is 4.28. The van der Waals surface area contributed by atoms with E-state index in [0.717, 1.165) is 12.0 Å². The van der Waals surface area contributed by atoms with E-state index in [1.807, 2.05) is 30.3 Å². The summed E-state index contributed by atoms with van der Waals surface area (Å²) in [6.07, 6.45) is 1.39. The van der Waals surface area contributed by atoms with E-state index in [1.54, 1.807) is 19.0 Å². The lowest BCUT2D eigenvalue weighted by atomic mass is 9.89. The van der Waals surface area contributed by atoms with Crippen molar-refractivity contribution in [1.29, 1.82) is 0 Å². The van der Waals surface area contributed by atoms with Gasteiger partial charge in [-0.2, -0.15) is 15.0 Å². The van der Waals surface area contributed by atoms with Gasteiger partial charge in [-0.25, -0.2) is 0 Å². The zero-order valence-corrected chi connectivity index (χ0v) is 14.9. The summed E-state index contributed by atoms with van der Waals surface area (Å²) in [4.78, 5) is 40.2. The fourth-order valence-corrected chi connectivity index (χ4v) is 3.03. The number of aromatic nitrogens is 3. The number of hydrogen-bond donors (Lipinski definition) is 1. The Balaban J connectivity index is 1.69. The summed E-state index contributed by atoms with van der Waals surface area (Å²) < 4.78 is 0. The molecule has 0 aliphatic carbocycles. The van der Waals surface area contributed by atoms with Gasteiger partial charge in [0.05, 0.1) is 6.54 Å². The van der Waals surface area contributed by atoms with Gasteiger partial charge in [-0.15, -0.1) is 0 Å². The first-order valence-electron chi connectivity index (χ1n) is 8.47. The van der Waals surface area contributed by atoms with Crippen molar-refractivity contribution in [3.05, 3.63) is 41.7 Å². The van der Waals surface area contributed by atoms with E-state index in [4.69, 9.17) is 5.73 Å². The first kappa shape index (κ1) is 17.8. The molecule has 8 nitrogen and oxygen atoms in total. The molecule has 0 unspecified atom stereocenters. The molecule has 0 spiro atoms. The zero-order valence-electron chi connectivity index (χ0n) is 14.9. The number of rotatable bonds is 5. The molecule has 1 fully saturated rings. The zero-order chi connectivity index (χ0) is 18.7. The number of nitrogen functional groups attached to an aromatic ring is 1. The molecule has 2 heterocycles. The maximum Gasteiger partial charge on any atom is 0.229 e. The number of imide groups is 1. The molecule has 8 heteroatoms. The van der Waals surface area contributed by atoms with Gasteiger partial charge >= 0.3 is 0 Å². The van der Waals surface area contributed by atoms with Crippen molar-refractivity contribution in [2.24, 2.45) is 5.92 Å². The van der Waals surface area contributed by atoms with Gasteiger partial charge in [-0.05, 0) is 17.9 Å². The quantitative estimate of drug-likeness (QED) is 0.799. The molecule has 136 valence electrons. The smallest absolute Gasteiger partial charge is 0.229 e. The average molecular weight is 354 g/mol. The van der Waals surface area contributed by atoms with Gasteiger partial charge in [-0.1, -0.05) is 30.3 Å². The van der Waals surface area contributed by atoms with E-state index >= 15 is 0 Å².